The lowest BCUT2D eigenvalue weighted by atomic mass is 10.2. The quantitative estimate of drug-likeness (QED) is 0.490. The Hall–Kier alpha value is -0.570. The van der Waals surface area contributed by atoms with E-state index in [9.17, 15) is 4.79 Å². The minimum atomic E-state index is 0.725. The van der Waals surface area contributed by atoms with Crippen molar-refractivity contribution in [1.82, 2.24) is 5.32 Å². The van der Waals surface area contributed by atoms with Gasteiger partial charge in [0.1, 0.15) is 0 Å². The highest BCUT2D eigenvalue weighted by molar-refractivity contribution is 5.45. The van der Waals surface area contributed by atoms with E-state index >= 15 is 0 Å². The number of rotatable bonds is 6. The van der Waals surface area contributed by atoms with E-state index in [1.807, 2.05) is 0 Å². The summed E-state index contributed by atoms with van der Waals surface area (Å²) in [6.07, 6.45) is 3.93. The Morgan fingerprint density at radius 3 is 2.15 bits per heavy atom. The van der Waals surface area contributed by atoms with Gasteiger partial charge in [0.2, 0.25) is 6.41 Å². The molecule has 0 radical (unpaired) electrons. The van der Waals surface area contributed by atoms with Gasteiger partial charge in [0.25, 0.3) is 0 Å². The molecule has 0 saturated heterocycles. The van der Waals surface area contributed by atoms with Crippen LogP contribution in [0.3, 0.4) is 0 Å². The summed E-state index contributed by atoms with van der Waals surface area (Å²) in [7, 11) is 0. The first-order valence-corrected chi connectivity index (χ1v) is 5.02. The molecule has 1 amide bonds. The first-order valence-electron chi connectivity index (χ1n) is 5.02. The molecule has 3 heteroatoms. The maximum Gasteiger partial charge on any atom is 0.207 e. The van der Waals surface area contributed by atoms with Crippen LogP contribution in [-0.4, -0.2) is 19.5 Å². The molecule has 0 fully saturated rings. The third-order valence-electron chi connectivity index (χ3n) is 1.11. The largest absolute Gasteiger partial charge is 0.359 e. The molecule has 0 aliphatic heterocycles. The van der Waals surface area contributed by atoms with Gasteiger partial charge in [-0.3, -0.25) is 4.79 Å². The molecule has 3 nitrogen and oxygen atoms in total. The molecule has 0 aromatic rings. The van der Waals surface area contributed by atoms with Crippen LogP contribution in [-0.2, 0) is 4.79 Å². The maximum absolute atomic E-state index is 9.70. The van der Waals surface area contributed by atoms with Crippen molar-refractivity contribution in [3.63, 3.8) is 0 Å². The lowest BCUT2D eigenvalue weighted by Gasteiger charge is -1.96. The van der Waals surface area contributed by atoms with Crippen molar-refractivity contribution < 1.29 is 4.79 Å². The van der Waals surface area contributed by atoms with E-state index in [0.29, 0.717) is 0 Å². The Labute approximate surface area is 82.1 Å². The molecule has 13 heavy (non-hydrogen) atoms. The third-order valence-corrected chi connectivity index (χ3v) is 1.11. The Balaban J connectivity index is 0. The Kier molecular flexibility index (Phi) is 16.1. The van der Waals surface area contributed by atoms with Crippen LogP contribution >= 0.6 is 0 Å². The van der Waals surface area contributed by atoms with Crippen molar-refractivity contribution in [1.29, 1.82) is 0 Å². The van der Waals surface area contributed by atoms with Gasteiger partial charge in [-0.2, -0.15) is 0 Å². The monoisotopic (exact) mass is 188 g/mol. The number of carbonyl (C=O) groups excluding carboxylic acids is 1. The van der Waals surface area contributed by atoms with Gasteiger partial charge in [-0.1, -0.05) is 27.2 Å². The summed E-state index contributed by atoms with van der Waals surface area (Å²) in [5, 5.41) is 2.59. The molecule has 80 valence electrons. The standard InChI is InChI=1S/C6H14N2O.C4H10/c7-4-2-1-3-5-8-6-9;1-4(2)3/h6H,1-5,7H2,(H,8,9);4H,1-3H3. The van der Waals surface area contributed by atoms with Crippen LogP contribution in [0, 0.1) is 5.92 Å². The van der Waals surface area contributed by atoms with Crippen LogP contribution in [0.1, 0.15) is 40.0 Å². The SMILES string of the molecule is CC(C)C.NCCCCCNC=O. The molecule has 0 spiro atoms. The van der Waals surface area contributed by atoms with Crippen LogP contribution in [0.5, 0.6) is 0 Å². The number of unbranched alkanes of at least 4 members (excludes halogenated alkanes) is 2. The number of nitrogens with one attached hydrogen (secondary N) is 1. The lowest BCUT2D eigenvalue weighted by molar-refractivity contribution is -0.109. The number of hydrogen-bond donors (Lipinski definition) is 2. The zero-order chi connectivity index (χ0) is 10.5. The summed E-state index contributed by atoms with van der Waals surface area (Å²) in [5.41, 5.74) is 5.25. The maximum atomic E-state index is 9.70. The van der Waals surface area contributed by atoms with Gasteiger partial charge in [-0.05, 0) is 25.3 Å². The minimum Gasteiger partial charge on any atom is -0.359 e. The van der Waals surface area contributed by atoms with Crippen molar-refractivity contribution >= 4 is 6.41 Å². The predicted octanol–water partition coefficient (Wildman–Crippen LogP) is 1.52. The molecule has 3 N–H and O–H groups in total. The van der Waals surface area contributed by atoms with Crippen LogP contribution in [0.25, 0.3) is 0 Å². The van der Waals surface area contributed by atoms with E-state index < -0.39 is 0 Å². The first kappa shape index (κ1) is 14.9. The van der Waals surface area contributed by atoms with Gasteiger partial charge >= 0.3 is 0 Å². The molecule has 0 heterocycles. The molecule has 0 rings (SSSR count). The second-order valence-electron chi connectivity index (χ2n) is 3.65. The average molecular weight is 188 g/mol. The van der Waals surface area contributed by atoms with Crippen molar-refractivity contribution in [3.8, 4) is 0 Å². The number of hydrogen-bond acceptors (Lipinski definition) is 2. The molecule has 0 aliphatic rings. The third kappa shape index (κ3) is 34.5. The number of nitrogens with two attached hydrogens (primary N) is 1. The average Bonchev–Trinajstić information content (AvgIpc) is 2.03. The molecule has 0 saturated carbocycles. The number of carbonyl (C=O) groups is 1. The highest BCUT2D eigenvalue weighted by Gasteiger charge is 1.84. The van der Waals surface area contributed by atoms with E-state index in [1.54, 1.807) is 0 Å². The van der Waals surface area contributed by atoms with Crippen LogP contribution in [0.15, 0.2) is 0 Å². The zero-order valence-electron chi connectivity index (χ0n) is 9.18. The zero-order valence-corrected chi connectivity index (χ0v) is 9.18. The predicted molar refractivity (Wildman–Crippen MR) is 57.5 cm³/mol. The molecule has 0 aromatic heterocycles. The van der Waals surface area contributed by atoms with Gasteiger partial charge in [0, 0.05) is 6.54 Å². The summed E-state index contributed by atoms with van der Waals surface area (Å²) in [5.74, 6) is 0.833. The lowest BCUT2D eigenvalue weighted by Crippen LogP contribution is -2.12. The summed E-state index contributed by atoms with van der Waals surface area (Å²) < 4.78 is 0. The highest BCUT2D eigenvalue weighted by Crippen LogP contribution is 1.89. The summed E-state index contributed by atoms with van der Waals surface area (Å²) in [6.45, 7) is 8.03. The van der Waals surface area contributed by atoms with E-state index in [-0.39, 0.29) is 0 Å². The summed E-state index contributed by atoms with van der Waals surface area (Å²) in [6, 6.07) is 0. The van der Waals surface area contributed by atoms with Crippen molar-refractivity contribution in [2.75, 3.05) is 13.1 Å². The molecular weight excluding hydrogens is 164 g/mol. The van der Waals surface area contributed by atoms with E-state index in [2.05, 4.69) is 26.1 Å². The molecule has 0 aliphatic carbocycles. The van der Waals surface area contributed by atoms with E-state index in [0.717, 1.165) is 44.7 Å². The summed E-state index contributed by atoms with van der Waals surface area (Å²) in [4.78, 5) is 9.70. The van der Waals surface area contributed by atoms with Gasteiger partial charge in [-0.15, -0.1) is 0 Å². The summed E-state index contributed by atoms with van der Waals surface area (Å²) >= 11 is 0. The fourth-order valence-electron chi connectivity index (χ4n) is 0.607. The number of amides is 1. The van der Waals surface area contributed by atoms with E-state index in [1.165, 1.54) is 0 Å². The topological polar surface area (TPSA) is 55.1 Å². The Bertz CT molecular complexity index is 92.2. The molecule has 0 unspecified atom stereocenters. The molecule has 0 atom stereocenters. The van der Waals surface area contributed by atoms with Gasteiger partial charge in [-0.25, -0.2) is 0 Å². The minimum absolute atomic E-state index is 0.725. The van der Waals surface area contributed by atoms with Crippen molar-refractivity contribution in [3.05, 3.63) is 0 Å². The molecule has 0 bridgehead atoms. The Morgan fingerprint density at radius 1 is 1.23 bits per heavy atom. The van der Waals surface area contributed by atoms with E-state index in [4.69, 9.17) is 5.73 Å². The van der Waals surface area contributed by atoms with Gasteiger partial charge < -0.3 is 11.1 Å². The fourth-order valence-corrected chi connectivity index (χ4v) is 0.607. The van der Waals surface area contributed by atoms with Crippen LogP contribution < -0.4 is 11.1 Å². The normalized spacial score (nSPS) is 9.00. The smallest absolute Gasteiger partial charge is 0.207 e. The van der Waals surface area contributed by atoms with Crippen molar-refractivity contribution in [2.45, 2.75) is 40.0 Å². The molecular formula is C10H24N2O. The van der Waals surface area contributed by atoms with Crippen LogP contribution in [0.4, 0.5) is 0 Å². The second-order valence-corrected chi connectivity index (χ2v) is 3.65. The second kappa shape index (κ2) is 14.0. The van der Waals surface area contributed by atoms with Crippen molar-refractivity contribution in [2.24, 2.45) is 11.7 Å². The molecule has 0 aromatic carbocycles. The highest BCUT2D eigenvalue weighted by atomic mass is 16.1. The first-order chi connectivity index (χ1) is 6.15. The van der Waals surface area contributed by atoms with Gasteiger partial charge in [0.15, 0.2) is 0 Å². The fraction of sp³-hybridized carbons (Fsp3) is 0.900. The van der Waals surface area contributed by atoms with Crippen LogP contribution in [0.2, 0.25) is 0 Å². The Morgan fingerprint density at radius 2 is 1.77 bits per heavy atom. The van der Waals surface area contributed by atoms with Gasteiger partial charge in [0.05, 0.1) is 0 Å².